The second kappa shape index (κ2) is 4.05. The molecule has 2 heteroatoms. The molecule has 1 fully saturated rings. The molecular weight excluding hydrogens is 162 g/mol. The Labute approximate surface area is 80.6 Å². The maximum Gasteiger partial charge on any atom is 0.175 e. The molecular formula is C11H19NO. The van der Waals surface area contributed by atoms with Crippen molar-refractivity contribution in [1.29, 1.82) is 0 Å². The normalized spacial score (nSPS) is 21.5. The molecule has 0 aromatic heterocycles. The standard InChI is InChI=1S/C11H19NO/c1-4-10(13)11(12(2)3)8-6-5-7-9-11/h4H,1,5-9H2,2-3H3. The van der Waals surface area contributed by atoms with Crippen LogP contribution in [0.2, 0.25) is 0 Å². The van der Waals surface area contributed by atoms with Gasteiger partial charge in [0.15, 0.2) is 5.78 Å². The molecule has 0 saturated heterocycles. The highest BCUT2D eigenvalue weighted by molar-refractivity contribution is 5.97. The van der Waals surface area contributed by atoms with Crippen LogP contribution >= 0.6 is 0 Å². The average molecular weight is 181 g/mol. The molecule has 1 rings (SSSR count). The van der Waals surface area contributed by atoms with Crippen molar-refractivity contribution in [2.24, 2.45) is 0 Å². The quantitative estimate of drug-likeness (QED) is 0.621. The van der Waals surface area contributed by atoms with Gasteiger partial charge >= 0.3 is 0 Å². The number of hydrogen-bond acceptors (Lipinski definition) is 2. The number of hydrogen-bond donors (Lipinski definition) is 0. The molecule has 1 aliphatic rings. The Morgan fingerprint density at radius 2 is 1.85 bits per heavy atom. The predicted molar refractivity (Wildman–Crippen MR) is 54.7 cm³/mol. The second-order valence-corrected chi connectivity index (χ2v) is 4.06. The third-order valence-corrected chi connectivity index (χ3v) is 3.18. The van der Waals surface area contributed by atoms with Gasteiger partial charge in [0.05, 0.1) is 5.54 Å². The summed E-state index contributed by atoms with van der Waals surface area (Å²) in [6.07, 6.45) is 7.05. The zero-order valence-corrected chi connectivity index (χ0v) is 8.68. The van der Waals surface area contributed by atoms with Crippen LogP contribution in [0, 0.1) is 0 Å². The lowest BCUT2D eigenvalue weighted by Crippen LogP contribution is -2.51. The maximum atomic E-state index is 11.8. The summed E-state index contributed by atoms with van der Waals surface area (Å²) in [5.74, 6) is 0.192. The van der Waals surface area contributed by atoms with Gasteiger partial charge in [-0.2, -0.15) is 0 Å². The largest absolute Gasteiger partial charge is 0.297 e. The van der Waals surface area contributed by atoms with E-state index in [1.807, 2.05) is 14.1 Å². The summed E-state index contributed by atoms with van der Waals surface area (Å²) in [7, 11) is 3.99. The fourth-order valence-electron chi connectivity index (χ4n) is 2.24. The number of nitrogens with zero attached hydrogens (tertiary/aromatic N) is 1. The third kappa shape index (κ3) is 1.83. The van der Waals surface area contributed by atoms with E-state index in [1.165, 1.54) is 12.5 Å². The highest BCUT2D eigenvalue weighted by Crippen LogP contribution is 2.33. The van der Waals surface area contributed by atoms with Crippen LogP contribution in [0.5, 0.6) is 0 Å². The molecule has 0 aromatic carbocycles. The number of carbonyl (C=O) groups is 1. The minimum absolute atomic E-state index is 0.192. The van der Waals surface area contributed by atoms with Crippen LogP contribution in [0.3, 0.4) is 0 Å². The molecule has 2 nitrogen and oxygen atoms in total. The Balaban J connectivity index is 2.85. The first-order chi connectivity index (χ1) is 6.13. The van der Waals surface area contributed by atoms with Gasteiger partial charge in [-0.3, -0.25) is 9.69 Å². The van der Waals surface area contributed by atoms with Crippen molar-refractivity contribution in [2.75, 3.05) is 14.1 Å². The van der Waals surface area contributed by atoms with Gasteiger partial charge in [0.2, 0.25) is 0 Å². The fraction of sp³-hybridized carbons (Fsp3) is 0.727. The lowest BCUT2D eigenvalue weighted by molar-refractivity contribution is -0.126. The lowest BCUT2D eigenvalue weighted by Gasteiger charge is -2.40. The summed E-state index contributed by atoms with van der Waals surface area (Å²) < 4.78 is 0. The Kier molecular flexibility index (Phi) is 3.26. The van der Waals surface area contributed by atoms with E-state index in [0.29, 0.717) is 0 Å². The number of likely N-dealkylation sites (N-methyl/N-ethyl adjacent to an activating group) is 1. The predicted octanol–water partition coefficient (Wildman–Crippen LogP) is 2.01. The van der Waals surface area contributed by atoms with Crippen LogP contribution in [0.25, 0.3) is 0 Å². The first-order valence-electron chi connectivity index (χ1n) is 4.98. The summed E-state index contributed by atoms with van der Waals surface area (Å²) in [6.45, 7) is 3.59. The van der Waals surface area contributed by atoms with Gasteiger partial charge in [-0.05, 0) is 33.0 Å². The maximum absolute atomic E-state index is 11.8. The van der Waals surface area contributed by atoms with Gasteiger partial charge in [-0.1, -0.05) is 25.8 Å². The van der Waals surface area contributed by atoms with Gasteiger partial charge in [0, 0.05) is 0 Å². The van der Waals surface area contributed by atoms with E-state index in [-0.39, 0.29) is 11.3 Å². The second-order valence-electron chi connectivity index (χ2n) is 4.06. The van der Waals surface area contributed by atoms with Gasteiger partial charge in [-0.15, -0.1) is 0 Å². The van der Waals surface area contributed by atoms with E-state index < -0.39 is 0 Å². The van der Waals surface area contributed by atoms with Gasteiger partial charge in [0.25, 0.3) is 0 Å². The highest BCUT2D eigenvalue weighted by atomic mass is 16.1. The third-order valence-electron chi connectivity index (χ3n) is 3.18. The van der Waals surface area contributed by atoms with Crippen molar-refractivity contribution >= 4 is 5.78 Å². The van der Waals surface area contributed by atoms with E-state index in [9.17, 15) is 4.79 Å². The average Bonchev–Trinajstić information content (AvgIpc) is 2.17. The van der Waals surface area contributed by atoms with E-state index in [2.05, 4.69) is 11.5 Å². The van der Waals surface area contributed by atoms with Crippen molar-refractivity contribution in [3.63, 3.8) is 0 Å². The molecule has 74 valence electrons. The van der Waals surface area contributed by atoms with Gasteiger partial charge < -0.3 is 0 Å². The lowest BCUT2D eigenvalue weighted by atomic mass is 9.77. The molecule has 0 N–H and O–H groups in total. The Morgan fingerprint density at radius 1 is 1.31 bits per heavy atom. The Hall–Kier alpha value is -0.630. The van der Waals surface area contributed by atoms with Crippen LogP contribution in [-0.2, 0) is 4.79 Å². The van der Waals surface area contributed by atoms with Crippen molar-refractivity contribution < 1.29 is 4.79 Å². The Morgan fingerprint density at radius 3 is 2.23 bits per heavy atom. The minimum Gasteiger partial charge on any atom is -0.297 e. The van der Waals surface area contributed by atoms with Crippen LogP contribution in [0.1, 0.15) is 32.1 Å². The molecule has 0 amide bonds. The van der Waals surface area contributed by atoms with Crippen LogP contribution in [0.4, 0.5) is 0 Å². The van der Waals surface area contributed by atoms with Crippen LogP contribution < -0.4 is 0 Å². The number of ketones is 1. The molecule has 13 heavy (non-hydrogen) atoms. The smallest absolute Gasteiger partial charge is 0.175 e. The zero-order chi connectivity index (χ0) is 9.90. The molecule has 0 radical (unpaired) electrons. The van der Waals surface area contributed by atoms with E-state index in [0.717, 1.165) is 25.7 Å². The summed E-state index contributed by atoms with van der Waals surface area (Å²) in [5, 5.41) is 0. The molecule has 0 aliphatic heterocycles. The molecule has 0 atom stereocenters. The zero-order valence-electron chi connectivity index (χ0n) is 8.68. The molecule has 1 aliphatic carbocycles. The minimum atomic E-state index is -0.236. The van der Waals surface area contributed by atoms with Crippen molar-refractivity contribution in [3.8, 4) is 0 Å². The number of rotatable bonds is 3. The molecule has 0 aromatic rings. The molecule has 0 spiro atoms. The summed E-state index contributed by atoms with van der Waals surface area (Å²) in [4.78, 5) is 13.8. The first kappa shape index (κ1) is 10.5. The van der Waals surface area contributed by atoms with Gasteiger partial charge in [0.1, 0.15) is 0 Å². The van der Waals surface area contributed by atoms with E-state index in [1.54, 1.807) is 0 Å². The summed E-state index contributed by atoms with van der Waals surface area (Å²) >= 11 is 0. The van der Waals surface area contributed by atoms with Crippen molar-refractivity contribution in [3.05, 3.63) is 12.7 Å². The fourth-order valence-corrected chi connectivity index (χ4v) is 2.24. The molecule has 0 bridgehead atoms. The molecule has 0 heterocycles. The Bertz CT molecular complexity index is 202. The SMILES string of the molecule is C=CC(=O)C1(N(C)C)CCCCC1. The topological polar surface area (TPSA) is 20.3 Å². The summed E-state index contributed by atoms with van der Waals surface area (Å²) in [5.41, 5.74) is -0.236. The van der Waals surface area contributed by atoms with Crippen molar-refractivity contribution in [2.45, 2.75) is 37.6 Å². The molecule has 0 unspecified atom stereocenters. The summed E-state index contributed by atoms with van der Waals surface area (Å²) in [6, 6.07) is 0. The number of carbonyl (C=O) groups excluding carboxylic acids is 1. The first-order valence-corrected chi connectivity index (χ1v) is 4.98. The van der Waals surface area contributed by atoms with Crippen LogP contribution in [-0.4, -0.2) is 30.3 Å². The molecule has 1 saturated carbocycles. The highest BCUT2D eigenvalue weighted by Gasteiger charge is 2.39. The van der Waals surface area contributed by atoms with E-state index >= 15 is 0 Å². The van der Waals surface area contributed by atoms with Crippen molar-refractivity contribution in [1.82, 2.24) is 4.90 Å². The van der Waals surface area contributed by atoms with Crippen LogP contribution in [0.15, 0.2) is 12.7 Å². The van der Waals surface area contributed by atoms with E-state index in [4.69, 9.17) is 0 Å². The monoisotopic (exact) mass is 181 g/mol. The van der Waals surface area contributed by atoms with Gasteiger partial charge in [-0.25, -0.2) is 0 Å².